The Morgan fingerprint density at radius 1 is 1.00 bits per heavy atom. The number of carbonyl (C=O) groups is 1. The molecule has 1 amide bonds. The van der Waals surface area contributed by atoms with Gasteiger partial charge in [-0.1, -0.05) is 12.1 Å². The number of hydrogen-bond donors (Lipinski definition) is 2. The molecule has 162 valence electrons. The Morgan fingerprint density at radius 2 is 1.74 bits per heavy atom. The fourth-order valence-corrected chi connectivity index (χ4v) is 3.97. The van der Waals surface area contributed by atoms with Crippen molar-refractivity contribution in [3.8, 4) is 5.75 Å². The Kier molecular flexibility index (Phi) is 6.91. The van der Waals surface area contributed by atoms with Gasteiger partial charge in [-0.05, 0) is 79.6 Å². The highest BCUT2D eigenvalue weighted by Crippen LogP contribution is 2.19. The van der Waals surface area contributed by atoms with Crippen LogP contribution in [0.1, 0.15) is 21.5 Å². The summed E-state index contributed by atoms with van der Waals surface area (Å²) in [6.45, 7) is 4.11. The number of hydrogen-bond acceptors (Lipinski definition) is 4. The van der Waals surface area contributed by atoms with E-state index in [9.17, 15) is 17.6 Å². The molecule has 0 aromatic heterocycles. The molecule has 6 nitrogen and oxygen atoms in total. The topological polar surface area (TPSA) is 84.5 Å². The van der Waals surface area contributed by atoms with Gasteiger partial charge in [-0.3, -0.25) is 9.52 Å². The van der Waals surface area contributed by atoms with Gasteiger partial charge in [0.25, 0.3) is 15.9 Å². The third-order valence-electron chi connectivity index (χ3n) is 4.48. The van der Waals surface area contributed by atoms with Crippen LogP contribution >= 0.6 is 0 Å². The van der Waals surface area contributed by atoms with E-state index in [1.807, 2.05) is 31.2 Å². The molecule has 0 heterocycles. The SMILES string of the molecule is Cc1cccc(OCCNC(=O)c2ccc(NS(=O)(=O)c3ccc(F)c(C)c3)cc2)c1. The molecule has 0 bridgehead atoms. The lowest BCUT2D eigenvalue weighted by atomic mass is 10.2. The number of carbonyl (C=O) groups excluding carboxylic acids is 1. The number of sulfonamides is 1. The quantitative estimate of drug-likeness (QED) is 0.516. The molecule has 31 heavy (non-hydrogen) atoms. The molecular weight excluding hydrogens is 419 g/mol. The van der Waals surface area contributed by atoms with Gasteiger partial charge in [-0.2, -0.15) is 0 Å². The summed E-state index contributed by atoms with van der Waals surface area (Å²) in [5.74, 6) is -0.0303. The average Bonchev–Trinajstić information content (AvgIpc) is 2.73. The predicted octanol–water partition coefficient (Wildman–Crippen LogP) is 4.05. The molecule has 0 aliphatic rings. The number of nitrogens with one attached hydrogen (secondary N) is 2. The Hall–Kier alpha value is -3.39. The van der Waals surface area contributed by atoms with E-state index in [-0.39, 0.29) is 16.4 Å². The van der Waals surface area contributed by atoms with Gasteiger partial charge in [0.15, 0.2) is 0 Å². The number of aryl methyl sites for hydroxylation is 2. The normalized spacial score (nSPS) is 11.1. The second kappa shape index (κ2) is 9.61. The van der Waals surface area contributed by atoms with Crippen molar-refractivity contribution in [2.24, 2.45) is 0 Å². The lowest BCUT2D eigenvalue weighted by Crippen LogP contribution is -2.28. The largest absolute Gasteiger partial charge is 0.492 e. The molecule has 0 saturated carbocycles. The van der Waals surface area contributed by atoms with E-state index >= 15 is 0 Å². The predicted molar refractivity (Wildman–Crippen MR) is 117 cm³/mol. The maximum absolute atomic E-state index is 13.4. The summed E-state index contributed by atoms with van der Waals surface area (Å²) in [6, 6.07) is 17.2. The summed E-state index contributed by atoms with van der Waals surface area (Å²) in [5.41, 5.74) is 2.01. The van der Waals surface area contributed by atoms with Crippen molar-refractivity contribution in [1.29, 1.82) is 0 Å². The number of rotatable bonds is 8. The van der Waals surface area contributed by atoms with Crippen LogP contribution < -0.4 is 14.8 Å². The minimum atomic E-state index is -3.87. The molecule has 3 rings (SSSR count). The van der Waals surface area contributed by atoms with Crippen molar-refractivity contribution < 1.29 is 22.3 Å². The highest BCUT2D eigenvalue weighted by molar-refractivity contribution is 7.92. The molecule has 0 aliphatic heterocycles. The first-order valence-electron chi connectivity index (χ1n) is 9.61. The summed E-state index contributed by atoms with van der Waals surface area (Å²) in [4.78, 5) is 12.2. The molecule has 0 unspecified atom stereocenters. The van der Waals surface area contributed by atoms with E-state index in [2.05, 4.69) is 10.0 Å². The molecule has 0 atom stereocenters. The van der Waals surface area contributed by atoms with Crippen molar-refractivity contribution >= 4 is 21.6 Å². The second-order valence-electron chi connectivity index (χ2n) is 7.01. The Labute approximate surface area is 181 Å². The number of benzene rings is 3. The number of halogens is 1. The number of amides is 1. The van der Waals surface area contributed by atoms with Gasteiger partial charge in [-0.15, -0.1) is 0 Å². The fourth-order valence-electron chi connectivity index (χ4n) is 2.83. The van der Waals surface area contributed by atoms with Gasteiger partial charge < -0.3 is 10.1 Å². The lowest BCUT2D eigenvalue weighted by molar-refractivity contribution is 0.0947. The molecule has 3 aromatic rings. The van der Waals surface area contributed by atoms with Crippen LogP contribution in [0.3, 0.4) is 0 Å². The van der Waals surface area contributed by atoms with Crippen LogP contribution in [0.5, 0.6) is 5.75 Å². The maximum Gasteiger partial charge on any atom is 0.261 e. The first kappa shape index (κ1) is 22.3. The highest BCUT2D eigenvalue weighted by atomic mass is 32.2. The molecule has 3 aromatic carbocycles. The van der Waals surface area contributed by atoms with Crippen molar-refractivity contribution in [3.05, 3.63) is 89.2 Å². The van der Waals surface area contributed by atoms with E-state index in [4.69, 9.17) is 4.74 Å². The first-order valence-corrected chi connectivity index (χ1v) is 11.1. The molecule has 2 N–H and O–H groups in total. The molecular formula is C23H23FN2O4S. The average molecular weight is 443 g/mol. The first-order chi connectivity index (χ1) is 14.7. The third kappa shape index (κ3) is 6.05. The molecule has 0 fully saturated rings. The second-order valence-corrected chi connectivity index (χ2v) is 8.70. The van der Waals surface area contributed by atoms with Crippen LogP contribution in [0.25, 0.3) is 0 Å². The van der Waals surface area contributed by atoms with Crippen LogP contribution in [-0.4, -0.2) is 27.5 Å². The summed E-state index contributed by atoms with van der Waals surface area (Å²) in [5, 5.41) is 2.75. The monoisotopic (exact) mass is 442 g/mol. The third-order valence-corrected chi connectivity index (χ3v) is 5.86. The minimum Gasteiger partial charge on any atom is -0.492 e. The molecule has 0 radical (unpaired) electrons. The van der Waals surface area contributed by atoms with E-state index in [1.54, 1.807) is 0 Å². The highest BCUT2D eigenvalue weighted by Gasteiger charge is 2.16. The van der Waals surface area contributed by atoms with Gasteiger partial charge >= 0.3 is 0 Å². The number of ether oxygens (including phenoxy) is 1. The fraction of sp³-hybridized carbons (Fsp3) is 0.174. The minimum absolute atomic E-state index is 0.0400. The molecule has 8 heteroatoms. The van der Waals surface area contributed by atoms with Crippen molar-refractivity contribution in [1.82, 2.24) is 5.32 Å². The van der Waals surface area contributed by atoms with Crippen LogP contribution in [0.2, 0.25) is 0 Å². The Bertz CT molecular complexity index is 1180. The van der Waals surface area contributed by atoms with Crippen LogP contribution in [-0.2, 0) is 10.0 Å². The smallest absolute Gasteiger partial charge is 0.261 e. The van der Waals surface area contributed by atoms with Crippen molar-refractivity contribution in [2.45, 2.75) is 18.7 Å². The number of anilines is 1. The Morgan fingerprint density at radius 3 is 2.42 bits per heavy atom. The standard InChI is InChI=1S/C23H23FN2O4S/c1-16-4-3-5-20(14-16)30-13-12-25-23(27)18-6-8-19(9-7-18)26-31(28,29)21-10-11-22(24)17(2)15-21/h3-11,14-15,26H,12-13H2,1-2H3,(H,25,27). The summed E-state index contributed by atoms with van der Waals surface area (Å²) in [7, 11) is -3.87. The van der Waals surface area contributed by atoms with Gasteiger partial charge in [0.05, 0.1) is 11.4 Å². The van der Waals surface area contributed by atoms with Gasteiger partial charge in [-0.25, -0.2) is 12.8 Å². The van der Waals surface area contributed by atoms with E-state index in [0.717, 1.165) is 17.4 Å². The summed E-state index contributed by atoms with van der Waals surface area (Å²) >= 11 is 0. The lowest BCUT2D eigenvalue weighted by Gasteiger charge is -2.10. The molecule has 0 saturated heterocycles. The maximum atomic E-state index is 13.4. The molecule has 0 aliphatic carbocycles. The van der Waals surface area contributed by atoms with Gasteiger partial charge in [0.2, 0.25) is 0 Å². The van der Waals surface area contributed by atoms with Gasteiger partial charge in [0, 0.05) is 11.3 Å². The van der Waals surface area contributed by atoms with Crippen molar-refractivity contribution in [2.75, 3.05) is 17.9 Å². The summed E-state index contributed by atoms with van der Waals surface area (Å²) in [6.07, 6.45) is 0. The van der Waals surface area contributed by atoms with E-state index < -0.39 is 15.8 Å². The van der Waals surface area contributed by atoms with Gasteiger partial charge in [0.1, 0.15) is 18.2 Å². The van der Waals surface area contributed by atoms with E-state index in [1.165, 1.54) is 43.3 Å². The van der Waals surface area contributed by atoms with Crippen LogP contribution in [0.4, 0.5) is 10.1 Å². The van der Waals surface area contributed by atoms with E-state index in [0.29, 0.717) is 24.4 Å². The van der Waals surface area contributed by atoms with Crippen molar-refractivity contribution in [3.63, 3.8) is 0 Å². The van der Waals surface area contributed by atoms with Crippen LogP contribution in [0, 0.1) is 19.7 Å². The zero-order chi connectivity index (χ0) is 22.4. The zero-order valence-electron chi connectivity index (χ0n) is 17.2. The molecule has 0 spiro atoms. The zero-order valence-corrected chi connectivity index (χ0v) is 18.0. The van der Waals surface area contributed by atoms with Crippen LogP contribution in [0.15, 0.2) is 71.6 Å². The Balaban J connectivity index is 1.54. The summed E-state index contributed by atoms with van der Waals surface area (Å²) < 4.78 is 46.3.